The molecule has 1 N–H and O–H groups in total. The third-order valence-corrected chi connectivity index (χ3v) is 6.19. The van der Waals surface area contributed by atoms with E-state index >= 15 is 0 Å². The van der Waals surface area contributed by atoms with Gasteiger partial charge in [0.25, 0.3) is 0 Å². The van der Waals surface area contributed by atoms with Crippen molar-refractivity contribution in [3.05, 3.63) is 90.0 Å². The van der Waals surface area contributed by atoms with Crippen LogP contribution in [0.15, 0.2) is 78.9 Å². The number of carbonyl (C=O) groups is 2. The van der Waals surface area contributed by atoms with E-state index in [0.29, 0.717) is 18.9 Å². The molecule has 7 heteroatoms. The predicted octanol–water partition coefficient (Wildman–Crippen LogP) is 4.10. The molecule has 34 heavy (non-hydrogen) atoms. The van der Waals surface area contributed by atoms with E-state index in [0.717, 1.165) is 22.2 Å². The second-order valence-corrected chi connectivity index (χ2v) is 8.26. The third-order valence-electron chi connectivity index (χ3n) is 6.19. The van der Waals surface area contributed by atoms with Crippen LogP contribution in [0.4, 0.5) is 5.95 Å². The van der Waals surface area contributed by atoms with E-state index < -0.39 is 17.9 Å². The number of rotatable bonds is 6. The molecular formula is C27H25N3O4. The molecule has 3 aromatic carbocycles. The van der Waals surface area contributed by atoms with Crippen LogP contribution in [0, 0.1) is 5.92 Å². The Morgan fingerprint density at radius 1 is 1.00 bits per heavy atom. The summed E-state index contributed by atoms with van der Waals surface area (Å²) in [5.41, 5.74) is 3.37. The maximum absolute atomic E-state index is 13.9. The molecule has 0 fully saturated rings. The first-order chi connectivity index (χ1) is 16.6. The molecule has 4 aromatic rings. The first-order valence-electron chi connectivity index (χ1n) is 11.4. The Kier molecular flexibility index (Phi) is 5.76. The van der Waals surface area contributed by atoms with Crippen molar-refractivity contribution >= 4 is 28.9 Å². The van der Waals surface area contributed by atoms with E-state index in [1.807, 2.05) is 59.2 Å². The van der Waals surface area contributed by atoms with Crippen LogP contribution in [-0.2, 0) is 20.7 Å². The number of phenolic OH excluding ortho intramolecular Hbond substituents is 1. The number of fused-ring (bicyclic) bond motifs is 3. The van der Waals surface area contributed by atoms with Crippen LogP contribution >= 0.6 is 0 Å². The number of benzene rings is 3. The van der Waals surface area contributed by atoms with E-state index in [2.05, 4.69) is 0 Å². The fraction of sp³-hybridized carbons (Fsp3) is 0.222. The van der Waals surface area contributed by atoms with Gasteiger partial charge in [-0.1, -0.05) is 54.6 Å². The average molecular weight is 456 g/mol. The summed E-state index contributed by atoms with van der Waals surface area (Å²) >= 11 is 0. The average Bonchev–Trinajstić information content (AvgIpc) is 3.23. The van der Waals surface area contributed by atoms with Gasteiger partial charge in [-0.25, -0.2) is 4.98 Å². The number of nitrogens with zero attached hydrogens (tertiary/aromatic N) is 3. The minimum atomic E-state index is -1.08. The van der Waals surface area contributed by atoms with Gasteiger partial charge in [0.1, 0.15) is 5.75 Å². The monoisotopic (exact) mass is 455 g/mol. The van der Waals surface area contributed by atoms with Crippen LogP contribution in [0.1, 0.15) is 24.1 Å². The number of hydrogen-bond donors (Lipinski definition) is 1. The van der Waals surface area contributed by atoms with Gasteiger partial charge in [0.15, 0.2) is 5.92 Å². The molecule has 0 saturated carbocycles. The fourth-order valence-electron chi connectivity index (χ4n) is 4.62. The van der Waals surface area contributed by atoms with Crippen LogP contribution in [0.25, 0.3) is 11.0 Å². The molecule has 0 bridgehead atoms. The number of para-hydroxylation sites is 2. The third kappa shape index (κ3) is 3.79. The van der Waals surface area contributed by atoms with Gasteiger partial charge < -0.3 is 14.4 Å². The molecule has 0 saturated heterocycles. The van der Waals surface area contributed by atoms with Gasteiger partial charge in [0, 0.05) is 6.54 Å². The normalized spacial score (nSPS) is 17.6. The molecule has 0 spiro atoms. The molecule has 2 heterocycles. The number of carbonyl (C=O) groups excluding carboxylic acids is 2. The summed E-state index contributed by atoms with van der Waals surface area (Å²) in [4.78, 5) is 33.5. The number of esters is 1. The number of phenols is 1. The molecule has 5 rings (SSSR count). The van der Waals surface area contributed by atoms with Gasteiger partial charge >= 0.3 is 5.97 Å². The van der Waals surface area contributed by atoms with Crippen LogP contribution < -0.4 is 4.90 Å². The highest BCUT2D eigenvalue weighted by atomic mass is 16.5. The molecule has 1 aromatic heterocycles. The lowest BCUT2D eigenvalue weighted by Gasteiger charge is -2.38. The summed E-state index contributed by atoms with van der Waals surface area (Å²) in [6.45, 7) is 2.28. The molecule has 1 amide bonds. The van der Waals surface area contributed by atoms with Crippen LogP contribution in [0.3, 0.4) is 0 Å². The first-order valence-corrected chi connectivity index (χ1v) is 11.4. The lowest BCUT2D eigenvalue weighted by atomic mass is 9.89. The molecule has 0 radical (unpaired) electrons. The Labute approximate surface area is 197 Å². The Hall–Kier alpha value is -4.13. The van der Waals surface area contributed by atoms with Crippen LogP contribution in [0.2, 0.25) is 0 Å². The maximum atomic E-state index is 13.9. The van der Waals surface area contributed by atoms with Gasteiger partial charge in [-0.05, 0) is 48.7 Å². The predicted molar refractivity (Wildman–Crippen MR) is 129 cm³/mol. The molecular weight excluding hydrogens is 430 g/mol. The number of anilines is 1. The highest BCUT2D eigenvalue weighted by Gasteiger charge is 2.47. The Balaban J connectivity index is 1.68. The van der Waals surface area contributed by atoms with Crippen molar-refractivity contribution in [3.8, 4) is 5.75 Å². The van der Waals surface area contributed by atoms with E-state index in [1.165, 1.54) is 0 Å². The van der Waals surface area contributed by atoms with E-state index in [9.17, 15) is 14.7 Å². The second kappa shape index (κ2) is 9.02. The van der Waals surface area contributed by atoms with Gasteiger partial charge in [0.2, 0.25) is 11.9 Å². The number of aromatic hydroxyl groups is 1. The zero-order chi connectivity index (χ0) is 23.7. The van der Waals surface area contributed by atoms with Crippen LogP contribution in [0.5, 0.6) is 5.75 Å². The largest absolute Gasteiger partial charge is 0.508 e. The highest BCUT2D eigenvalue weighted by Crippen LogP contribution is 2.41. The number of amides is 1. The van der Waals surface area contributed by atoms with Gasteiger partial charge in [-0.15, -0.1) is 0 Å². The van der Waals surface area contributed by atoms with E-state index in [1.54, 1.807) is 36.1 Å². The Morgan fingerprint density at radius 2 is 1.71 bits per heavy atom. The molecule has 1 aliphatic heterocycles. The maximum Gasteiger partial charge on any atom is 0.321 e. The lowest BCUT2D eigenvalue weighted by Crippen LogP contribution is -2.50. The fourth-order valence-corrected chi connectivity index (χ4v) is 4.62. The first kappa shape index (κ1) is 21.7. The SMILES string of the molecule is CCOC(=O)[C@H]1C(=O)N(CCc2ccccc2)c2nc3ccccc3n2[C@@H]1c1ccc(O)cc1. The lowest BCUT2D eigenvalue weighted by molar-refractivity contribution is -0.153. The summed E-state index contributed by atoms with van der Waals surface area (Å²) in [6.07, 6.45) is 0.620. The van der Waals surface area contributed by atoms with Crippen molar-refractivity contribution in [1.82, 2.24) is 9.55 Å². The van der Waals surface area contributed by atoms with Gasteiger partial charge in [0.05, 0.1) is 23.7 Å². The molecule has 1 aliphatic rings. The smallest absolute Gasteiger partial charge is 0.321 e. The summed E-state index contributed by atoms with van der Waals surface area (Å²) in [7, 11) is 0. The summed E-state index contributed by atoms with van der Waals surface area (Å²) in [5, 5.41) is 9.83. The summed E-state index contributed by atoms with van der Waals surface area (Å²) < 4.78 is 7.33. The van der Waals surface area contributed by atoms with Crippen LogP contribution in [-0.4, -0.2) is 39.7 Å². The summed E-state index contributed by atoms with van der Waals surface area (Å²) in [6, 6.07) is 23.5. The number of imidazole rings is 1. The quantitative estimate of drug-likeness (QED) is 0.350. The zero-order valence-electron chi connectivity index (χ0n) is 18.8. The second-order valence-electron chi connectivity index (χ2n) is 8.26. The summed E-state index contributed by atoms with van der Waals surface area (Å²) in [5.74, 6) is -1.38. The van der Waals surface area contributed by atoms with E-state index in [4.69, 9.17) is 9.72 Å². The number of ether oxygens (including phenoxy) is 1. The van der Waals surface area contributed by atoms with E-state index in [-0.39, 0.29) is 18.3 Å². The van der Waals surface area contributed by atoms with Gasteiger partial charge in [-0.2, -0.15) is 0 Å². The zero-order valence-corrected chi connectivity index (χ0v) is 18.8. The van der Waals surface area contributed by atoms with Crippen molar-refractivity contribution in [2.45, 2.75) is 19.4 Å². The Bertz CT molecular complexity index is 1330. The van der Waals surface area contributed by atoms with Gasteiger partial charge in [-0.3, -0.25) is 14.5 Å². The minimum Gasteiger partial charge on any atom is -0.508 e. The highest BCUT2D eigenvalue weighted by molar-refractivity contribution is 6.08. The molecule has 0 aliphatic carbocycles. The van der Waals surface area contributed by atoms with Crippen molar-refractivity contribution in [1.29, 1.82) is 0 Å². The molecule has 7 nitrogen and oxygen atoms in total. The van der Waals surface area contributed by atoms with Crippen molar-refractivity contribution in [3.63, 3.8) is 0 Å². The standard InChI is InChI=1S/C27H25N3O4/c1-2-34-26(33)23-24(19-12-14-20(31)15-13-19)30-22-11-7-6-10-21(22)28-27(30)29(25(23)32)17-16-18-8-4-3-5-9-18/h3-15,23-24,31H,2,16-17H2,1H3/t23-,24-/m1/s1. The molecule has 2 atom stereocenters. The van der Waals surface area contributed by atoms with Crippen molar-refractivity contribution in [2.75, 3.05) is 18.1 Å². The molecule has 0 unspecified atom stereocenters. The molecule has 172 valence electrons. The number of aromatic nitrogens is 2. The van der Waals surface area contributed by atoms with Crippen molar-refractivity contribution < 1.29 is 19.4 Å². The number of hydrogen-bond acceptors (Lipinski definition) is 5. The van der Waals surface area contributed by atoms with Crippen molar-refractivity contribution in [2.24, 2.45) is 5.92 Å². The Morgan fingerprint density at radius 3 is 2.44 bits per heavy atom. The topological polar surface area (TPSA) is 84.7 Å². The minimum absolute atomic E-state index is 0.110.